The van der Waals surface area contributed by atoms with Crippen LogP contribution in [0.15, 0.2) is 0 Å². The molecular weight excluding hydrogens is 228 g/mol. The number of hydrogen-bond acceptors (Lipinski definition) is 6. The van der Waals surface area contributed by atoms with Gasteiger partial charge in [0.1, 0.15) is 24.4 Å². The first-order valence-corrected chi connectivity index (χ1v) is 5.95. The van der Waals surface area contributed by atoms with Crippen LogP contribution in [0.1, 0.15) is 27.7 Å². The molecule has 1 aliphatic rings. The molecule has 1 heterocycles. The largest absolute Gasteiger partial charge is 0.394 e. The van der Waals surface area contributed by atoms with Crippen LogP contribution in [0.5, 0.6) is 0 Å². The van der Waals surface area contributed by atoms with Gasteiger partial charge in [0.25, 0.3) is 0 Å². The van der Waals surface area contributed by atoms with Crippen molar-refractivity contribution in [1.82, 2.24) is 0 Å². The third kappa shape index (κ3) is 5.29. The van der Waals surface area contributed by atoms with Crippen molar-refractivity contribution in [2.75, 3.05) is 13.7 Å². The Hall–Kier alpha value is -0.240. The quantitative estimate of drug-likeness (QED) is 0.529. The zero-order valence-electron chi connectivity index (χ0n) is 11.2. The Morgan fingerprint density at radius 2 is 1.47 bits per heavy atom. The van der Waals surface area contributed by atoms with Gasteiger partial charge in [0.15, 0.2) is 6.29 Å². The van der Waals surface area contributed by atoms with Gasteiger partial charge in [-0.1, -0.05) is 27.7 Å². The average Bonchev–Trinajstić information content (AvgIpc) is 2.40. The second kappa shape index (κ2) is 10.9. The summed E-state index contributed by atoms with van der Waals surface area (Å²) in [4.78, 5) is 0. The topological polar surface area (TPSA) is 99.4 Å². The maximum atomic E-state index is 9.38. The van der Waals surface area contributed by atoms with E-state index in [1.807, 2.05) is 27.7 Å². The van der Waals surface area contributed by atoms with Crippen LogP contribution in [0.2, 0.25) is 0 Å². The van der Waals surface area contributed by atoms with E-state index in [0.717, 1.165) is 0 Å². The molecule has 106 valence electrons. The molecule has 0 spiro atoms. The maximum Gasteiger partial charge on any atom is 0.184 e. The summed E-state index contributed by atoms with van der Waals surface area (Å²) in [6.45, 7) is 7.61. The normalized spacial score (nSPS) is 36.2. The second-order valence-corrected chi connectivity index (χ2v) is 2.93. The summed E-state index contributed by atoms with van der Waals surface area (Å²) in [7, 11) is 1.32. The maximum absolute atomic E-state index is 9.38. The van der Waals surface area contributed by atoms with Crippen LogP contribution in [0.25, 0.3) is 0 Å². The molecule has 5 atom stereocenters. The molecule has 0 unspecified atom stereocenters. The first-order chi connectivity index (χ1) is 8.11. The average molecular weight is 254 g/mol. The fourth-order valence-electron chi connectivity index (χ4n) is 1.36. The summed E-state index contributed by atoms with van der Waals surface area (Å²) >= 11 is 0. The first-order valence-electron chi connectivity index (χ1n) is 5.95. The Morgan fingerprint density at radius 1 is 1.00 bits per heavy atom. The lowest BCUT2D eigenvalue weighted by molar-refractivity contribution is -0.290. The molecule has 1 rings (SSSR count). The van der Waals surface area contributed by atoms with Crippen molar-refractivity contribution in [3.63, 3.8) is 0 Å². The van der Waals surface area contributed by atoms with E-state index in [1.165, 1.54) is 7.11 Å². The number of hydrogen-bond donors (Lipinski definition) is 4. The Bertz CT molecular complexity index is 164. The molecule has 17 heavy (non-hydrogen) atoms. The van der Waals surface area contributed by atoms with Gasteiger partial charge in [-0.15, -0.1) is 0 Å². The highest BCUT2D eigenvalue weighted by atomic mass is 16.6. The number of rotatable bonds is 2. The van der Waals surface area contributed by atoms with Crippen LogP contribution in [0.3, 0.4) is 0 Å². The van der Waals surface area contributed by atoms with Crippen LogP contribution in [-0.4, -0.2) is 64.8 Å². The molecule has 4 N–H and O–H groups in total. The van der Waals surface area contributed by atoms with Crippen molar-refractivity contribution in [3.05, 3.63) is 0 Å². The van der Waals surface area contributed by atoms with Gasteiger partial charge in [0.2, 0.25) is 0 Å². The van der Waals surface area contributed by atoms with E-state index in [-0.39, 0.29) is 6.61 Å². The van der Waals surface area contributed by atoms with Gasteiger partial charge in [0, 0.05) is 7.11 Å². The van der Waals surface area contributed by atoms with Crippen LogP contribution >= 0.6 is 0 Å². The van der Waals surface area contributed by atoms with Crippen molar-refractivity contribution in [3.8, 4) is 0 Å². The fraction of sp³-hybridized carbons (Fsp3) is 1.00. The number of aliphatic hydroxyl groups excluding tert-OH is 4. The smallest absolute Gasteiger partial charge is 0.184 e. The van der Waals surface area contributed by atoms with E-state index in [2.05, 4.69) is 0 Å². The van der Waals surface area contributed by atoms with E-state index in [0.29, 0.717) is 0 Å². The molecule has 0 bridgehead atoms. The lowest BCUT2D eigenvalue weighted by Crippen LogP contribution is -2.59. The molecule has 6 heteroatoms. The van der Waals surface area contributed by atoms with Crippen LogP contribution in [0, 0.1) is 0 Å². The summed E-state index contributed by atoms with van der Waals surface area (Å²) in [5, 5.41) is 36.4. The predicted octanol–water partition coefficient (Wildman–Crippen LogP) is -0.515. The summed E-state index contributed by atoms with van der Waals surface area (Å²) < 4.78 is 9.61. The highest BCUT2D eigenvalue weighted by Crippen LogP contribution is 2.21. The van der Waals surface area contributed by atoms with Crippen molar-refractivity contribution in [2.24, 2.45) is 0 Å². The van der Waals surface area contributed by atoms with Gasteiger partial charge in [0.05, 0.1) is 6.61 Å². The highest BCUT2D eigenvalue weighted by Gasteiger charge is 2.43. The zero-order valence-corrected chi connectivity index (χ0v) is 11.2. The minimum atomic E-state index is -1.49. The molecule has 0 radical (unpaired) electrons. The van der Waals surface area contributed by atoms with Gasteiger partial charge >= 0.3 is 0 Å². The van der Waals surface area contributed by atoms with Gasteiger partial charge in [-0.2, -0.15) is 0 Å². The minimum absolute atomic E-state index is 0.390. The molecule has 0 aliphatic carbocycles. The lowest BCUT2D eigenvalue weighted by Gasteiger charge is -2.39. The molecule has 0 aromatic rings. The molecule has 0 aromatic heterocycles. The number of methoxy groups -OCH3 is 1. The number of ether oxygens (including phenoxy) is 2. The Kier molecular flexibility index (Phi) is 12.2. The molecule has 6 nitrogen and oxygen atoms in total. The van der Waals surface area contributed by atoms with Crippen molar-refractivity contribution < 1.29 is 29.9 Å². The lowest BCUT2D eigenvalue weighted by atomic mass is 9.99. The van der Waals surface area contributed by atoms with Gasteiger partial charge in [-0.3, -0.25) is 0 Å². The zero-order chi connectivity index (χ0) is 14.0. The van der Waals surface area contributed by atoms with E-state index in [1.54, 1.807) is 0 Å². The van der Waals surface area contributed by atoms with E-state index < -0.39 is 30.7 Å². The standard InChI is InChI=1S/C7H14O6.2C2H6/c1-12-6-3(2-8)13-7(11)5(10)4(6)9;2*1-2/h3-11H,2H2,1H3;2*1-2H3/t3-,4-,5-,6-,7-;;/m1../s1. The summed E-state index contributed by atoms with van der Waals surface area (Å²) in [5.74, 6) is 0. The first kappa shape index (κ1) is 19.1. The fourth-order valence-corrected chi connectivity index (χ4v) is 1.36. The second-order valence-electron chi connectivity index (χ2n) is 2.93. The monoisotopic (exact) mass is 254 g/mol. The van der Waals surface area contributed by atoms with Crippen LogP contribution < -0.4 is 0 Å². The SMILES string of the molecule is CC.CC.CO[C@H]1[C@H](O)[C@@H](O)[C@H](O)O[C@@H]1CO. The Morgan fingerprint density at radius 3 is 1.82 bits per heavy atom. The van der Waals surface area contributed by atoms with Crippen molar-refractivity contribution in [1.29, 1.82) is 0 Å². The third-order valence-electron chi connectivity index (χ3n) is 2.11. The van der Waals surface area contributed by atoms with Crippen molar-refractivity contribution >= 4 is 0 Å². The van der Waals surface area contributed by atoms with E-state index in [4.69, 9.17) is 19.7 Å². The predicted molar refractivity (Wildman–Crippen MR) is 63.5 cm³/mol. The number of aliphatic hydroxyl groups is 4. The van der Waals surface area contributed by atoms with Crippen molar-refractivity contribution in [2.45, 2.75) is 58.4 Å². The summed E-state index contributed by atoms with van der Waals surface area (Å²) in [5.41, 5.74) is 0. The van der Waals surface area contributed by atoms with E-state index >= 15 is 0 Å². The van der Waals surface area contributed by atoms with Gasteiger partial charge in [-0.25, -0.2) is 0 Å². The van der Waals surface area contributed by atoms with Crippen LogP contribution in [0.4, 0.5) is 0 Å². The highest BCUT2D eigenvalue weighted by molar-refractivity contribution is 4.89. The van der Waals surface area contributed by atoms with E-state index in [9.17, 15) is 10.2 Å². The minimum Gasteiger partial charge on any atom is -0.394 e. The molecule has 1 fully saturated rings. The van der Waals surface area contributed by atoms with Gasteiger partial charge in [-0.05, 0) is 0 Å². The molecule has 0 aromatic carbocycles. The summed E-state index contributed by atoms with van der Waals surface area (Å²) in [6, 6.07) is 0. The molecule has 1 aliphatic heterocycles. The third-order valence-corrected chi connectivity index (χ3v) is 2.11. The summed E-state index contributed by atoms with van der Waals surface area (Å²) in [6.07, 6.45) is -5.81. The Labute approximate surface area is 103 Å². The van der Waals surface area contributed by atoms with Gasteiger partial charge < -0.3 is 29.9 Å². The molecule has 0 amide bonds. The molecule has 1 saturated heterocycles. The van der Waals surface area contributed by atoms with Crippen LogP contribution in [-0.2, 0) is 9.47 Å². The molecular formula is C11H26O6. The molecule has 0 saturated carbocycles. The Balaban J connectivity index is 0.